The molecule has 0 aromatic carbocycles. The molecular weight excluding hydrogens is 226 g/mol. The quantitative estimate of drug-likeness (QED) is 0.710. The Morgan fingerprint density at radius 2 is 2.22 bits per heavy atom. The van der Waals surface area contributed by atoms with Gasteiger partial charge in [0.1, 0.15) is 0 Å². The van der Waals surface area contributed by atoms with Crippen LogP contribution in [0.3, 0.4) is 0 Å². The molecule has 1 aliphatic rings. The maximum Gasteiger partial charge on any atom is 0.239 e. The smallest absolute Gasteiger partial charge is 0.239 e. The van der Waals surface area contributed by atoms with Crippen molar-refractivity contribution in [3.8, 4) is 0 Å². The highest BCUT2D eigenvalue weighted by molar-refractivity contribution is 5.83. The molecule has 1 fully saturated rings. The first-order chi connectivity index (χ1) is 8.60. The first-order valence-corrected chi connectivity index (χ1v) is 7.32. The molecule has 0 saturated carbocycles. The third-order valence-electron chi connectivity index (χ3n) is 4.00. The summed E-state index contributed by atoms with van der Waals surface area (Å²) in [4.78, 5) is 16.4. The van der Waals surface area contributed by atoms with Gasteiger partial charge < -0.3 is 15.1 Å². The highest BCUT2D eigenvalue weighted by Crippen LogP contribution is 2.11. The zero-order valence-electron chi connectivity index (χ0n) is 12.4. The Hall–Kier alpha value is -0.610. The normalized spacial score (nSPS) is 21.9. The number of likely N-dealkylation sites (tertiary alicyclic amines) is 1. The second kappa shape index (κ2) is 7.74. The third-order valence-corrected chi connectivity index (χ3v) is 4.00. The second-order valence-electron chi connectivity index (χ2n) is 5.36. The van der Waals surface area contributed by atoms with Crippen molar-refractivity contribution in [1.29, 1.82) is 0 Å². The average molecular weight is 255 g/mol. The number of carbonyl (C=O) groups excluding carboxylic acids is 1. The predicted octanol–water partition coefficient (Wildman–Crippen LogP) is 1.32. The second-order valence-corrected chi connectivity index (χ2v) is 5.36. The van der Waals surface area contributed by atoms with E-state index in [1.165, 1.54) is 0 Å². The fourth-order valence-electron chi connectivity index (χ4n) is 2.28. The van der Waals surface area contributed by atoms with E-state index in [9.17, 15) is 4.79 Å². The fourth-order valence-corrected chi connectivity index (χ4v) is 2.28. The number of nitrogens with one attached hydrogen (secondary N) is 1. The maximum absolute atomic E-state index is 12.1. The van der Waals surface area contributed by atoms with Crippen molar-refractivity contribution in [2.45, 2.75) is 52.1 Å². The van der Waals surface area contributed by atoms with E-state index >= 15 is 0 Å². The Bertz CT molecular complexity index is 257. The summed E-state index contributed by atoms with van der Waals surface area (Å²) in [7, 11) is 2.14. The lowest BCUT2D eigenvalue weighted by atomic mass is 10.2. The molecule has 1 aliphatic heterocycles. The SMILES string of the molecule is CCCNC1CCN(CCN(C)C(C)CC)C1=O. The van der Waals surface area contributed by atoms with Crippen LogP contribution in [-0.4, -0.2) is 61.0 Å². The van der Waals surface area contributed by atoms with Crippen molar-refractivity contribution >= 4 is 5.91 Å². The summed E-state index contributed by atoms with van der Waals surface area (Å²) in [5, 5.41) is 3.33. The van der Waals surface area contributed by atoms with E-state index in [-0.39, 0.29) is 6.04 Å². The molecule has 1 heterocycles. The van der Waals surface area contributed by atoms with E-state index in [1.54, 1.807) is 0 Å². The summed E-state index contributed by atoms with van der Waals surface area (Å²) in [5.74, 6) is 0.293. The molecule has 18 heavy (non-hydrogen) atoms. The Labute approximate surface area is 112 Å². The lowest BCUT2D eigenvalue weighted by Crippen LogP contribution is -2.42. The number of amides is 1. The Morgan fingerprint density at radius 3 is 2.83 bits per heavy atom. The van der Waals surface area contributed by atoms with Gasteiger partial charge in [-0.2, -0.15) is 0 Å². The first-order valence-electron chi connectivity index (χ1n) is 7.32. The standard InChI is InChI=1S/C14H29N3O/c1-5-8-15-13-7-9-17(14(13)18)11-10-16(4)12(3)6-2/h12-13,15H,5-11H2,1-4H3. The molecule has 4 heteroatoms. The van der Waals surface area contributed by atoms with E-state index in [0.717, 1.165) is 45.4 Å². The van der Waals surface area contributed by atoms with Crippen molar-refractivity contribution in [3.05, 3.63) is 0 Å². The minimum absolute atomic E-state index is 0.0684. The number of hydrogen-bond donors (Lipinski definition) is 1. The number of rotatable bonds is 8. The highest BCUT2D eigenvalue weighted by Gasteiger charge is 2.30. The van der Waals surface area contributed by atoms with Gasteiger partial charge in [0.05, 0.1) is 6.04 Å². The Balaban J connectivity index is 2.30. The van der Waals surface area contributed by atoms with Crippen LogP contribution >= 0.6 is 0 Å². The fraction of sp³-hybridized carbons (Fsp3) is 0.929. The van der Waals surface area contributed by atoms with Crippen LogP contribution in [0.5, 0.6) is 0 Å². The van der Waals surface area contributed by atoms with E-state index in [2.05, 4.69) is 38.0 Å². The molecule has 0 aromatic rings. The lowest BCUT2D eigenvalue weighted by Gasteiger charge is -2.26. The molecule has 1 amide bonds. The summed E-state index contributed by atoms with van der Waals surface area (Å²) in [6.07, 6.45) is 3.21. The van der Waals surface area contributed by atoms with Crippen molar-refractivity contribution in [2.24, 2.45) is 0 Å². The van der Waals surface area contributed by atoms with Crippen LogP contribution in [-0.2, 0) is 4.79 Å². The van der Waals surface area contributed by atoms with Crippen LogP contribution in [0.1, 0.15) is 40.0 Å². The molecule has 0 radical (unpaired) electrons. The lowest BCUT2D eigenvalue weighted by molar-refractivity contribution is -0.129. The minimum Gasteiger partial charge on any atom is -0.340 e. The predicted molar refractivity (Wildman–Crippen MR) is 75.7 cm³/mol. The van der Waals surface area contributed by atoms with Crippen molar-refractivity contribution in [1.82, 2.24) is 15.1 Å². The van der Waals surface area contributed by atoms with Gasteiger partial charge in [-0.3, -0.25) is 4.79 Å². The van der Waals surface area contributed by atoms with Crippen LogP contribution in [0.4, 0.5) is 0 Å². The number of hydrogen-bond acceptors (Lipinski definition) is 3. The molecule has 1 rings (SSSR count). The summed E-state index contributed by atoms with van der Waals surface area (Å²) in [5.41, 5.74) is 0. The van der Waals surface area contributed by atoms with E-state index in [1.807, 2.05) is 4.90 Å². The number of likely N-dealkylation sites (N-methyl/N-ethyl adjacent to an activating group) is 1. The van der Waals surface area contributed by atoms with Gasteiger partial charge >= 0.3 is 0 Å². The van der Waals surface area contributed by atoms with Crippen molar-refractivity contribution in [3.63, 3.8) is 0 Å². The first kappa shape index (κ1) is 15.4. The Morgan fingerprint density at radius 1 is 1.50 bits per heavy atom. The molecule has 0 spiro atoms. The average Bonchev–Trinajstić information content (AvgIpc) is 2.73. The summed E-state index contributed by atoms with van der Waals surface area (Å²) in [6, 6.07) is 0.663. The van der Waals surface area contributed by atoms with Gasteiger partial charge in [-0.15, -0.1) is 0 Å². The van der Waals surface area contributed by atoms with E-state index in [4.69, 9.17) is 0 Å². The summed E-state index contributed by atoms with van der Waals surface area (Å²) >= 11 is 0. The molecule has 0 aliphatic carbocycles. The summed E-state index contributed by atoms with van der Waals surface area (Å²) in [6.45, 7) is 10.3. The molecule has 0 bridgehead atoms. The molecule has 2 unspecified atom stereocenters. The van der Waals surface area contributed by atoms with Gasteiger partial charge in [0.15, 0.2) is 0 Å². The topological polar surface area (TPSA) is 35.6 Å². The molecule has 1 saturated heterocycles. The summed E-state index contributed by atoms with van der Waals surface area (Å²) < 4.78 is 0. The van der Waals surface area contributed by atoms with Crippen molar-refractivity contribution < 1.29 is 4.79 Å². The molecule has 106 valence electrons. The largest absolute Gasteiger partial charge is 0.340 e. The van der Waals surface area contributed by atoms with Gasteiger partial charge in [-0.05, 0) is 39.8 Å². The highest BCUT2D eigenvalue weighted by atomic mass is 16.2. The molecular formula is C14H29N3O. The number of nitrogens with zero attached hydrogens (tertiary/aromatic N) is 2. The van der Waals surface area contributed by atoms with Crippen LogP contribution < -0.4 is 5.32 Å². The van der Waals surface area contributed by atoms with Crippen LogP contribution in [0.25, 0.3) is 0 Å². The molecule has 0 aromatic heterocycles. The van der Waals surface area contributed by atoms with Gasteiger partial charge in [0.25, 0.3) is 0 Å². The van der Waals surface area contributed by atoms with Crippen LogP contribution in [0.2, 0.25) is 0 Å². The zero-order chi connectivity index (χ0) is 13.5. The van der Waals surface area contributed by atoms with Crippen LogP contribution in [0, 0.1) is 0 Å². The van der Waals surface area contributed by atoms with Crippen molar-refractivity contribution in [2.75, 3.05) is 33.2 Å². The molecule has 4 nitrogen and oxygen atoms in total. The number of carbonyl (C=O) groups is 1. The molecule has 2 atom stereocenters. The zero-order valence-corrected chi connectivity index (χ0v) is 12.4. The van der Waals surface area contributed by atoms with Gasteiger partial charge in [-0.1, -0.05) is 13.8 Å². The van der Waals surface area contributed by atoms with E-state index < -0.39 is 0 Å². The van der Waals surface area contributed by atoms with Gasteiger partial charge in [0.2, 0.25) is 5.91 Å². The van der Waals surface area contributed by atoms with Gasteiger partial charge in [0, 0.05) is 25.7 Å². The van der Waals surface area contributed by atoms with Gasteiger partial charge in [-0.25, -0.2) is 0 Å². The van der Waals surface area contributed by atoms with E-state index in [0.29, 0.717) is 11.9 Å². The monoisotopic (exact) mass is 255 g/mol. The maximum atomic E-state index is 12.1. The van der Waals surface area contributed by atoms with Crippen LogP contribution in [0.15, 0.2) is 0 Å². The molecule has 1 N–H and O–H groups in total. The minimum atomic E-state index is 0.0684. The Kier molecular flexibility index (Phi) is 6.65. The third kappa shape index (κ3) is 4.25.